The number of hydrogen-bond acceptors (Lipinski definition) is 5. The van der Waals surface area contributed by atoms with Crippen molar-refractivity contribution >= 4 is 22.6 Å². The summed E-state index contributed by atoms with van der Waals surface area (Å²) < 4.78 is 26.2. The van der Waals surface area contributed by atoms with Gasteiger partial charge in [-0.05, 0) is 30.4 Å². The van der Waals surface area contributed by atoms with Crippen LogP contribution in [0.25, 0.3) is 27.9 Å². The number of nitrogens with zero attached hydrogens (tertiary/aromatic N) is 1. The molecule has 172 valence electrons. The number of aromatic amines is 1. The topological polar surface area (TPSA) is 105 Å². The van der Waals surface area contributed by atoms with Gasteiger partial charge in [0.1, 0.15) is 11.8 Å². The van der Waals surface area contributed by atoms with Gasteiger partial charge in [-0.15, -0.1) is 0 Å². The first-order valence-electron chi connectivity index (χ1n) is 11.1. The molecule has 1 aliphatic carbocycles. The summed E-state index contributed by atoms with van der Waals surface area (Å²) in [5.74, 6) is -1.01. The normalized spacial score (nSPS) is 23.0. The minimum Gasteiger partial charge on any atom is -0.481 e. The van der Waals surface area contributed by atoms with E-state index in [4.69, 9.17) is 14.6 Å². The zero-order chi connectivity index (χ0) is 22.9. The number of allylic oxidation sites excluding steroid dienone is 2. The van der Waals surface area contributed by atoms with Crippen LogP contribution in [-0.2, 0) is 9.53 Å². The number of aliphatic hydroxyl groups excluding tert-OH is 1. The number of aliphatic hydroxyl groups is 1. The number of hydrogen-bond donors (Lipinski definition) is 3. The van der Waals surface area contributed by atoms with Gasteiger partial charge in [0.15, 0.2) is 11.7 Å². The highest BCUT2D eigenvalue weighted by Crippen LogP contribution is 2.33. The van der Waals surface area contributed by atoms with Crippen LogP contribution in [0.3, 0.4) is 0 Å². The Morgan fingerprint density at radius 1 is 1.24 bits per heavy atom. The molecule has 1 saturated heterocycles. The average Bonchev–Trinajstić information content (AvgIpc) is 3.44. The van der Waals surface area contributed by atoms with Gasteiger partial charge < -0.3 is 24.7 Å². The van der Waals surface area contributed by atoms with E-state index in [1.54, 1.807) is 6.07 Å². The van der Waals surface area contributed by atoms with Gasteiger partial charge in [-0.25, -0.2) is 9.37 Å². The van der Waals surface area contributed by atoms with Crippen LogP contribution in [0.4, 0.5) is 4.39 Å². The molecule has 0 bridgehead atoms. The number of rotatable bonds is 6. The van der Waals surface area contributed by atoms with Crippen molar-refractivity contribution in [1.82, 2.24) is 9.97 Å². The molecule has 0 spiro atoms. The van der Waals surface area contributed by atoms with Gasteiger partial charge in [-0.1, -0.05) is 30.3 Å². The van der Waals surface area contributed by atoms with E-state index in [9.17, 15) is 14.3 Å². The summed E-state index contributed by atoms with van der Waals surface area (Å²) in [6.07, 6.45) is 4.07. The lowest BCUT2D eigenvalue weighted by Gasteiger charge is -2.19. The molecule has 2 aliphatic rings. The highest BCUT2D eigenvalue weighted by molar-refractivity contribution is 5.81. The number of H-pyrrole nitrogens is 1. The van der Waals surface area contributed by atoms with Crippen molar-refractivity contribution in [3.63, 3.8) is 0 Å². The third-order valence-electron chi connectivity index (χ3n) is 6.36. The van der Waals surface area contributed by atoms with Crippen molar-refractivity contribution in [2.24, 2.45) is 5.92 Å². The van der Waals surface area contributed by atoms with E-state index in [1.807, 2.05) is 30.3 Å². The number of carbonyl (C=O) groups is 1. The molecule has 0 saturated carbocycles. The van der Waals surface area contributed by atoms with Crippen molar-refractivity contribution in [3.05, 3.63) is 53.9 Å². The molecule has 0 radical (unpaired) electrons. The van der Waals surface area contributed by atoms with Crippen LogP contribution < -0.4 is 4.74 Å². The fraction of sp³-hybridized carbons (Fsp3) is 0.360. The quantitative estimate of drug-likeness (QED) is 0.519. The van der Waals surface area contributed by atoms with Crippen LogP contribution >= 0.6 is 0 Å². The summed E-state index contributed by atoms with van der Waals surface area (Å²) in [6, 6.07) is 10.7. The van der Waals surface area contributed by atoms with Gasteiger partial charge in [0.25, 0.3) is 0 Å². The summed E-state index contributed by atoms with van der Waals surface area (Å²) in [4.78, 5) is 18.7. The van der Waals surface area contributed by atoms with Gasteiger partial charge in [0.2, 0.25) is 0 Å². The summed E-state index contributed by atoms with van der Waals surface area (Å²) in [5, 5.41) is 18.3. The zero-order valence-electron chi connectivity index (χ0n) is 18.0. The molecule has 2 aromatic heterocycles. The number of carboxylic acids is 1. The van der Waals surface area contributed by atoms with Crippen LogP contribution in [0.15, 0.2) is 42.5 Å². The molecule has 1 fully saturated rings. The molecule has 1 aliphatic heterocycles. The van der Waals surface area contributed by atoms with Gasteiger partial charge in [0, 0.05) is 24.1 Å². The van der Waals surface area contributed by atoms with Gasteiger partial charge in [0.05, 0.1) is 36.3 Å². The molecular formula is C25H25FN2O5. The number of halogens is 1. The lowest BCUT2D eigenvalue weighted by Crippen LogP contribution is -2.17. The number of benzene rings is 1. The third-order valence-corrected chi connectivity index (χ3v) is 6.36. The molecule has 3 heterocycles. The third kappa shape index (κ3) is 4.49. The predicted molar refractivity (Wildman–Crippen MR) is 120 cm³/mol. The van der Waals surface area contributed by atoms with Gasteiger partial charge in [-0.2, -0.15) is 0 Å². The molecule has 1 aromatic carbocycles. The molecule has 3 aromatic rings. The Morgan fingerprint density at radius 2 is 2.03 bits per heavy atom. The van der Waals surface area contributed by atoms with E-state index in [0.717, 1.165) is 11.1 Å². The number of carboxylic acid groups (broad SMARTS) is 1. The fourth-order valence-electron chi connectivity index (χ4n) is 4.50. The van der Waals surface area contributed by atoms with E-state index < -0.39 is 11.8 Å². The summed E-state index contributed by atoms with van der Waals surface area (Å²) in [6.45, 7) is 0.356. The molecule has 3 N–H and O–H groups in total. The van der Waals surface area contributed by atoms with E-state index in [1.165, 1.54) is 6.07 Å². The second kappa shape index (κ2) is 8.96. The van der Waals surface area contributed by atoms with Crippen molar-refractivity contribution in [3.8, 4) is 17.1 Å². The Bertz CT molecular complexity index is 1200. The monoisotopic (exact) mass is 452 g/mol. The maximum absolute atomic E-state index is 14.9. The SMILES string of the molecule is O=C(O)C1CC=C(c2ccc(-c3nc4cc(O[C@@H]5CO[C@H](CO)C5)[nH]c4cc3F)cc2)CC1. The van der Waals surface area contributed by atoms with Crippen molar-refractivity contribution in [1.29, 1.82) is 0 Å². The minimum atomic E-state index is -0.748. The number of fused-ring (bicyclic) bond motifs is 1. The summed E-state index contributed by atoms with van der Waals surface area (Å²) >= 11 is 0. The molecule has 3 atom stereocenters. The van der Waals surface area contributed by atoms with E-state index >= 15 is 0 Å². The number of ether oxygens (including phenoxy) is 2. The maximum Gasteiger partial charge on any atom is 0.306 e. The standard InChI is InChI=1S/C25H25FN2O5/c26-20-10-21-22(11-23(27-21)33-19-9-18(12-29)32-13-19)28-24(20)16-5-1-14(2-6-16)15-3-7-17(8-4-15)25(30)31/h1-3,5-6,10-11,17-19,27,29H,4,7-9,12-13H2,(H,30,31)/t17?,18-,19-/m0/s1. The minimum absolute atomic E-state index is 0.0401. The van der Waals surface area contributed by atoms with Crippen LogP contribution in [0.2, 0.25) is 0 Å². The van der Waals surface area contributed by atoms with Crippen molar-refractivity contribution in [2.75, 3.05) is 13.2 Å². The lowest BCUT2D eigenvalue weighted by atomic mass is 9.86. The smallest absolute Gasteiger partial charge is 0.306 e. The summed E-state index contributed by atoms with van der Waals surface area (Å²) in [5.41, 5.74) is 4.19. The first-order valence-corrected chi connectivity index (χ1v) is 11.1. The molecule has 0 amide bonds. The van der Waals surface area contributed by atoms with Crippen LogP contribution in [-0.4, -0.2) is 51.6 Å². The number of nitrogens with one attached hydrogen (secondary N) is 1. The summed E-state index contributed by atoms with van der Waals surface area (Å²) in [7, 11) is 0. The Balaban J connectivity index is 1.34. The first-order chi connectivity index (χ1) is 16.0. The first kappa shape index (κ1) is 21.6. The van der Waals surface area contributed by atoms with E-state index in [-0.39, 0.29) is 30.4 Å². The Morgan fingerprint density at radius 3 is 2.70 bits per heavy atom. The Labute approximate surface area is 189 Å². The van der Waals surface area contributed by atoms with Crippen molar-refractivity contribution < 1.29 is 28.9 Å². The number of pyridine rings is 1. The van der Waals surface area contributed by atoms with Crippen LogP contribution in [0.5, 0.6) is 5.88 Å². The van der Waals surface area contributed by atoms with E-state index in [0.29, 0.717) is 54.8 Å². The second-order valence-electron chi connectivity index (χ2n) is 8.61. The molecular weight excluding hydrogens is 427 g/mol. The van der Waals surface area contributed by atoms with Gasteiger partial charge >= 0.3 is 5.97 Å². The second-order valence-corrected chi connectivity index (χ2v) is 8.61. The molecule has 1 unspecified atom stereocenters. The molecule has 7 nitrogen and oxygen atoms in total. The highest BCUT2D eigenvalue weighted by Gasteiger charge is 2.27. The molecule has 5 rings (SSSR count). The zero-order valence-corrected chi connectivity index (χ0v) is 18.0. The molecule has 8 heteroatoms. The number of aromatic nitrogens is 2. The largest absolute Gasteiger partial charge is 0.481 e. The van der Waals surface area contributed by atoms with Crippen LogP contribution in [0, 0.1) is 11.7 Å². The lowest BCUT2D eigenvalue weighted by molar-refractivity contribution is -0.141. The highest BCUT2D eigenvalue weighted by atomic mass is 19.1. The predicted octanol–water partition coefficient (Wildman–Crippen LogP) is 4.17. The van der Waals surface area contributed by atoms with Crippen LogP contribution in [0.1, 0.15) is 31.2 Å². The Hall–Kier alpha value is -3.23. The maximum atomic E-state index is 14.9. The number of aliphatic carboxylic acids is 1. The fourth-order valence-corrected chi connectivity index (χ4v) is 4.50. The van der Waals surface area contributed by atoms with E-state index in [2.05, 4.69) is 9.97 Å². The molecule has 33 heavy (non-hydrogen) atoms. The van der Waals surface area contributed by atoms with Gasteiger partial charge in [-0.3, -0.25) is 4.79 Å². The average molecular weight is 452 g/mol. The van der Waals surface area contributed by atoms with Crippen molar-refractivity contribution in [2.45, 2.75) is 37.9 Å². The Kier molecular flexibility index (Phi) is 5.86.